The Bertz CT molecular complexity index is 1930. The average Bonchev–Trinajstić information content (AvgIpc) is 3.30. The third kappa shape index (κ3) is 16.4. The molecule has 0 saturated carbocycles. The number of aromatic nitrogens is 3. The van der Waals surface area contributed by atoms with Gasteiger partial charge in [0, 0.05) is 38.5 Å². The third-order valence-electron chi connectivity index (χ3n) is 12.3. The van der Waals surface area contributed by atoms with Crippen LogP contribution >= 0.6 is 0 Å². The van der Waals surface area contributed by atoms with Gasteiger partial charge in [0.25, 0.3) is 0 Å². The molecule has 4 rings (SSSR count). The molecule has 3 N–H and O–H groups in total. The lowest BCUT2D eigenvalue weighted by atomic mass is 9.99. The minimum atomic E-state index is -0.229. The summed E-state index contributed by atoms with van der Waals surface area (Å²) in [7, 11) is 0. The van der Waals surface area contributed by atoms with Gasteiger partial charge in [-0.15, -0.1) is 0 Å². The highest BCUT2D eigenvalue weighted by Crippen LogP contribution is 2.39. The molecule has 0 bridgehead atoms. The summed E-state index contributed by atoms with van der Waals surface area (Å²) < 4.78 is 16.6. The highest BCUT2D eigenvalue weighted by molar-refractivity contribution is 5.76. The molecule has 0 saturated heterocycles. The van der Waals surface area contributed by atoms with Crippen molar-refractivity contribution in [3.05, 3.63) is 69.8 Å². The summed E-state index contributed by atoms with van der Waals surface area (Å²) >= 11 is 0. The molecular formula is C54H75N3O9. The fraction of sp³-hybridized carbons (Fsp3) is 0.556. The van der Waals surface area contributed by atoms with Crippen molar-refractivity contribution in [3.8, 4) is 51.4 Å². The Labute approximate surface area is 393 Å². The van der Waals surface area contributed by atoms with Crippen molar-refractivity contribution in [2.75, 3.05) is 19.8 Å². The van der Waals surface area contributed by atoms with Crippen molar-refractivity contribution in [1.82, 2.24) is 15.0 Å². The molecule has 1 heterocycles. The van der Waals surface area contributed by atoms with E-state index in [0.717, 1.165) is 113 Å². The Kier molecular flexibility index (Phi) is 22.9. The zero-order valence-electron chi connectivity index (χ0n) is 40.6. The molecule has 0 fully saturated rings. The van der Waals surface area contributed by atoms with Crippen molar-refractivity contribution in [1.29, 1.82) is 0 Å². The van der Waals surface area contributed by atoms with Crippen LogP contribution < -0.4 is 0 Å². The third-order valence-corrected chi connectivity index (χ3v) is 12.3. The van der Waals surface area contributed by atoms with Crippen molar-refractivity contribution in [3.63, 3.8) is 0 Å². The number of aromatic hydroxyl groups is 3. The quantitative estimate of drug-likeness (QED) is 0.0256. The lowest BCUT2D eigenvalue weighted by molar-refractivity contribution is -0.144. The summed E-state index contributed by atoms with van der Waals surface area (Å²) in [5, 5.41) is 34.9. The van der Waals surface area contributed by atoms with E-state index in [9.17, 15) is 29.7 Å². The first-order valence-electron chi connectivity index (χ1n) is 24.6. The maximum Gasteiger partial charge on any atom is 0.305 e. The van der Waals surface area contributed by atoms with Crippen LogP contribution in [-0.4, -0.2) is 68.0 Å². The number of carbonyl (C=O) groups is 3. The standard InChI is InChI=1S/C54H75N3O9/c1-7-10-13-16-19-22-46(58)64-34-31-40-25-28-43(49(61)37(40)4)52-55-53(44-29-26-41(38(5)50(44)62)32-35-65-47(59)23-20-17-14-11-8-2)57-54(56-52)45-30-27-42(39(6)51(45)63)33-36-66-48(60)24-21-18-15-12-9-3/h25-30,61-63H,7-24,31-36H2,1-6H3. The van der Waals surface area contributed by atoms with E-state index < -0.39 is 0 Å². The van der Waals surface area contributed by atoms with Crippen molar-refractivity contribution in [2.24, 2.45) is 0 Å². The molecule has 3 aromatic carbocycles. The van der Waals surface area contributed by atoms with Crippen LogP contribution in [0.2, 0.25) is 0 Å². The number of phenols is 3. The summed E-state index contributed by atoms with van der Waals surface area (Å²) in [6.45, 7) is 12.4. The summed E-state index contributed by atoms with van der Waals surface area (Å²) in [5.74, 6) is -0.529. The van der Waals surface area contributed by atoms with Gasteiger partial charge in [0.15, 0.2) is 17.5 Å². The highest BCUT2D eigenvalue weighted by Gasteiger charge is 2.22. The number of esters is 3. The molecule has 12 nitrogen and oxygen atoms in total. The summed E-state index contributed by atoms with van der Waals surface area (Å²) in [5.41, 5.74) is 5.05. The lowest BCUT2D eigenvalue weighted by Crippen LogP contribution is -2.09. The summed E-state index contributed by atoms with van der Waals surface area (Å²) in [4.78, 5) is 51.4. The van der Waals surface area contributed by atoms with Gasteiger partial charge in [0.1, 0.15) is 17.2 Å². The number of ether oxygens (including phenoxy) is 3. The average molecular weight is 910 g/mol. The number of hydrogen-bond acceptors (Lipinski definition) is 12. The Morgan fingerprint density at radius 2 is 0.667 bits per heavy atom. The first-order chi connectivity index (χ1) is 31.9. The summed E-state index contributed by atoms with van der Waals surface area (Å²) in [6, 6.07) is 10.7. The maximum atomic E-state index is 12.4. The largest absolute Gasteiger partial charge is 0.507 e. The van der Waals surface area contributed by atoms with Crippen LogP contribution in [0.1, 0.15) is 170 Å². The second kappa shape index (κ2) is 28.5. The fourth-order valence-electron chi connectivity index (χ4n) is 7.98. The van der Waals surface area contributed by atoms with Crippen LogP contribution in [0.15, 0.2) is 36.4 Å². The van der Waals surface area contributed by atoms with Crippen LogP contribution in [0, 0.1) is 20.8 Å². The topological polar surface area (TPSA) is 178 Å². The molecule has 0 aliphatic carbocycles. The number of hydrogen-bond donors (Lipinski definition) is 3. The predicted octanol–water partition coefficient (Wildman–Crippen LogP) is 12.3. The zero-order valence-corrected chi connectivity index (χ0v) is 40.6. The Balaban J connectivity index is 1.60. The molecule has 0 aliphatic heterocycles. The van der Waals surface area contributed by atoms with Gasteiger partial charge in [-0.05, 0) is 91.6 Å². The Morgan fingerprint density at radius 1 is 0.409 bits per heavy atom. The SMILES string of the molecule is CCCCCCCC(=O)OCCc1ccc(-c2nc(-c3ccc(CCOC(=O)CCCCCCC)c(C)c3O)nc(-c3ccc(CCOC(=O)CCCCCCC)c(C)c3O)n2)c(O)c1C. The van der Waals surface area contributed by atoms with E-state index in [1.807, 2.05) is 18.2 Å². The molecule has 0 amide bonds. The first-order valence-corrected chi connectivity index (χ1v) is 24.6. The molecule has 0 atom stereocenters. The van der Waals surface area contributed by atoms with Gasteiger partial charge in [-0.1, -0.05) is 116 Å². The molecule has 1 aromatic heterocycles. The second-order valence-corrected chi connectivity index (χ2v) is 17.4. The Hall–Kier alpha value is -5.52. The normalized spacial score (nSPS) is 11.2. The van der Waals surface area contributed by atoms with Crippen LogP contribution in [0.25, 0.3) is 34.2 Å². The smallest absolute Gasteiger partial charge is 0.305 e. The van der Waals surface area contributed by atoms with Gasteiger partial charge in [0.2, 0.25) is 0 Å². The molecule has 12 heteroatoms. The number of carbonyl (C=O) groups excluding carboxylic acids is 3. The first kappa shape index (κ1) is 53.1. The van der Waals surface area contributed by atoms with Gasteiger partial charge in [-0.3, -0.25) is 14.4 Å². The van der Waals surface area contributed by atoms with E-state index in [1.54, 1.807) is 39.0 Å². The monoisotopic (exact) mass is 910 g/mol. The van der Waals surface area contributed by atoms with Crippen LogP contribution in [0.5, 0.6) is 17.2 Å². The van der Waals surface area contributed by atoms with E-state index in [2.05, 4.69) is 20.8 Å². The number of unbranched alkanes of at least 4 members (excludes halogenated alkanes) is 12. The number of rotatable bonds is 30. The second-order valence-electron chi connectivity index (χ2n) is 17.4. The molecular weight excluding hydrogens is 835 g/mol. The van der Waals surface area contributed by atoms with Crippen molar-refractivity contribution >= 4 is 17.9 Å². The molecule has 0 aliphatic rings. The Morgan fingerprint density at radius 3 is 0.924 bits per heavy atom. The van der Waals surface area contributed by atoms with Crippen molar-refractivity contribution < 1.29 is 43.9 Å². The number of phenolic OH excluding ortho intramolecular Hbond substituents is 3. The maximum absolute atomic E-state index is 12.4. The molecule has 4 aromatic rings. The van der Waals surface area contributed by atoms with Crippen LogP contribution in [-0.2, 0) is 47.9 Å². The minimum absolute atomic E-state index is 0.0598. The van der Waals surface area contributed by atoms with Gasteiger partial charge >= 0.3 is 17.9 Å². The highest BCUT2D eigenvalue weighted by atomic mass is 16.5. The lowest BCUT2D eigenvalue weighted by Gasteiger charge is -2.16. The van der Waals surface area contributed by atoms with E-state index in [1.165, 1.54) is 0 Å². The predicted molar refractivity (Wildman–Crippen MR) is 259 cm³/mol. The fourth-order valence-corrected chi connectivity index (χ4v) is 7.98. The summed E-state index contributed by atoms with van der Waals surface area (Å²) in [6.07, 6.45) is 18.0. The molecule has 0 spiro atoms. The minimum Gasteiger partial charge on any atom is -0.507 e. The van der Waals surface area contributed by atoms with Crippen LogP contribution in [0.3, 0.4) is 0 Å². The van der Waals surface area contributed by atoms with E-state index in [-0.39, 0.29) is 72.5 Å². The van der Waals surface area contributed by atoms with Gasteiger partial charge in [-0.2, -0.15) is 0 Å². The number of benzene rings is 3. The van der Waals surface area contributed by atoms with Gasteiger partial charge in [-0.25, -0.2) is 15.0 Å². The number of nitrogens with zero attached hydrogens (tertiary/aromatic N) is 3. The molecule has 0 unspecified atom stereocenters. The zero-order chi connectivity index (χ0) is 47.8. The van der Waals surface area contributed by atoms with Crippen LogP contribution in [0.4, 0.5) is 0 Å². The van der Waals surface area contributed by atoms with Gasteiger partial charge < -0.3 is 29.5 Å². The molecule has 66 heavy (non-hydrogen) atoms. The van der Waals surface area contributed by atoms with E-state index in [4.69, 9.17) is 29.2 Å². The van der Waals surface area contributed by atoms with E-state index >= 15 is 0 Å². The molecule has 360 valence electrons. The molecule has 0 radical (unpaired) electrons. The van der Waals surface area contributed by atoms with Crippen molar-refractivity contribution in [2.45, 2.75) is 176 Å². The van der Waals surface area contributed by atoms with Gasteiger partial charge in [0.05, 0.1) is 36.5 Å². The van der Waals surface area contributed by atoms with E-state index in [0.29, 0.717) is 71.9 Å².